The first kappa shape index (κ1) is 32.4. The molecule has 0 unspecified atom stereocenters. The predicted molar refractivity (Wildman–Crippen MR) is 237 cm³/mol. The topological polar surface area (TPSA) is 65.0 Å². The Bertz CT molecular complexity index is 3390. The van der Waals surface area contributed by atoms with Crippen molar-refractivity contribution < 1.29 is 8.83 Å². The maximum Gasteiger partial charge on any atom is 0.167 e. The van der Waals surface area contributed by atoms with Gasteiger partial charge < -0.3 is 8.83 Å². The lowest BCUT2D eigenvalue weighted by molar-refractivity contribution is 0.669. The van der Waals surface area contributed by atoms with Crippen LogP contribution >= 0.6 is 0 Å². The highest BCUT2D eigenvalue weighted by Gasteiger charge is 2.23. The minimum absolute atomic E-state index is 0.515. The molecule has 0 spiro atoms. The lowest BCUT2D eigenvalue weighted by atomic mass is 9.84. The molecule has 0 aliphatic heterocycles. The van der Waals surface area contributed by atoms with Crippen LogP contribution in [0.5, 0.6) is 0 Å². The minimum Gasteiger partial charge on any atom is -0.455 e. The molecule has 0 radical (unpaired) electrons. The first-order valence-electron chi connectivity index (χ1n) is 19.4. The fourth-order valence-corrected chi connectivity index (χ4v) is 8.81. The molecule has 0 N–H and O–H groups in total. The van der Waals surface area contributed by atoms with E-state index < -0.39 is 0 Å². The van der Waals surface area contributed by atoms with Gasteiger partial charge in [-0.15, -0.1) is 0 Å². The van der Waals surface area contributed by atoms with Gasteiger partial charge in [0.15, 0.2) is 17.5 Å². The lowest BCUT2D eigenvalue weighted by Gasteiger charge is -2.19. The standard InChI is InChI=1S/C53H31N3O2/c1-2-16-32(17-3-1)47-35-20-4-6-22-37(35)48(38-23-7-5-21-36(38)47)39-24-8-9-25-42(39)51-54-52(43-28-14-26-40-33-18-10-12-30-45(33)57-49(40)43)56-53(55-51)44-29-15-27-41-34-19-11-13-31-46(34)58-50(41)44/h1-31H. The van der Waals surface area contributed by atoms with Crippen LogP contribution < -0.4 is 0 Å². The monoisotopic (exact) mass is 741 g/mol. The molecule has 0 bridgehead atoms. The van der Waals surface area contributed by atoms with Gasteiger partial charge in [0.25, 0.3) is 0 Å². The number of aromatic nitrogens is 3. The first-order valence-corrected chi connectivity index (χ1v) is 19.4. The Morgan fingerprint density at radius 1 is 0.259 bits per heavy atom. The van der Waals surface area contributed by atoms with Crippen LogP contribution in [0.2, 0.25) is 0 Å². The Morgan fingerprint density at radius 3 is 1.14 bits per heavy atom. The highest BCUT2D eigenvalue weighted by Crippen LogP contribution is 2.46. The number of furan rings is 2. The molecule has 0 fully saturated rings. The Labute approximate surface area is 332 Å². The second-order valence-corrected chi connectivity index (χ2v) is 14.6. The molecule has 12 aromatic rings. The van der Waals surface area contributed by atoms with Gasteiger partial charge in [-0.25, -0.2) is 15.0 Å². The van der Waals surface area contributed by atoms with Crippen molar-refractivity contribution in [1.82, 2.24) is 15.0 Å². The Balaban J connectivity index is 1.16. The van der Waals surface area contributed by atoms with Gasteiger partial charge in [-0.05, 0) is 68.1 Å². The largest absolute Gasteiger partial charge is 0.455 e. The van der Waals surface area contributed by atoms with Gasteiger partial charge in [-0.1, -0.05) is 164 Å². The zero-order valence-corrected chi connectivity index (χ0v) is 31.1. The number of hydrogen-bond acceptors (Lipinski definition) is 5. The summed E-state index contributed by atoms with van der Waals surface area (Å²) in [5.41, 5.74) is 10.1. The van der Waals surface area contributed by atoms with Gasteiger partial charge in [0.2, 0.25) is 0 Å². The highest BCUT2D eigenvalue weighted by atomic mass is 16.3. The average molecular weight is 742 g/mol. The van der Waals surface area contributed by atoms with Gasteiger partial charge in [0, 0.05) is 27.1 Å². The average Bonchev–Trinajstić information content (AvgIpc) is 3.87. The van der Waals surface area contributed by atoms with Gasteiger partial charge >= 0.3 is 0 Å². The summed E-state index contributed by atoms with van der Waals surface area (Å²) in [5, 5.41) is 8.78. The highest BCUT2D eigenvalue weighted by molar-refractivity contribution is 6.22. The third-order valence-corrected chi connectivity index (χ3v) is 11.4. The van der Waals surface area contributed by atoms with E-state index in [0.717, 1.165) is 82.5 Å². The van der Waals surface area contributed by atoms with Crippen LogP contribution in [-0.4, -0.2) is 15.0 Å². The molecular weight excluding hydrogens is 711 g/mol. The molecule has 270 valence electrons. The molecule has 0 aliphatic carbocycles. The molecule has 3 aromatic heterocycles. The number of nitrogens with zero attached hydrogens (tertiary/aromatic N) is 3. The van der Waals surface area contributed by atoms with E-state index in [2.05, 4.69) is 127 Å². The van der Waals surface area contributed by atoms with Gasteiger partial charge in [-0.2, -0.15) is 0 Å². The Kier molecular flexibility index (Phi) is 7.16. The van der Waals surface area contributed by atoms with E-state index in [-0.39, 0.29) is 0 Å². The van der Waals surface area contributed by atoms with E-state index in [9.17, 15) is 0 Å². The second-order valence-electron chi connectivity index (χ2n) is 14.6. The number of benzene rings is 9. The summed E-state index contributed by atoms with van der Waals surface area (Å²) in [6.07, 6.45) is 0. The summed E-state index contributed by atoms with van der Waals surface area (Å²) < 4.78 is 13.1. The van der Waals surface area contributed by atoms with Crippen LogP contribution in [0.15, 0.2) is 197 Å². The molecule has 0 atom stereocenters. The summed E-state index contributed by atoms with van der Waals surface area (Å²) in [4.78, 5) is 15.9. The number of hydrogen-bond donors (Lipinski definition) is 0. The lowest BCUT2D eigenvalue weighted by Crippen LogP contribution is -2.02. The Morgan fingerprint density at radius 2 is 0.621 bits per heavy atom. The normalized spacial score (nSPS) is 11.8. The number of rotatable bonds is 5. The molecule has 5 nitrogen and oxygen atoms in total. The first-order chi connectivity index (χ1) is 28.8. The molecule has 12 rings (SSSR count). The zero-order chi connectivity index (χ0) is 38.2. The van der Waals surface area contributed by atoms with Crippen molar-refractivity contribution in [3.63, 3.8) is 0 Å². The van der Waals surface area contributed by atoms with Crippen molar-refractivity contribution >= 4 is 65.4 Å². The van der Waals surface area contributed by atoms with Crippen LogP contribution in [0.3, 0.4) is 0 Å². The van der Waals surface area contributed by atoms with Crippen molar-refractivity contribution in [3.05, 3.63) is 188 Å². The van der Waals surface area contributed by atoms with E-state index in [0.29, 0.717) is 17.5 Å². The number of para-hydroxylation sites is 4. The van der Waals surface area contributed by atoms with E-state index in [1.165, 1.54) is 21.9 Å². The van der Waals surface area contributed by atoms with E-state index in [4.69, 9.17) is 23.8 Å². The fraction of sp³-hybridized carbons (Fsp3) is 0. The molecule has 0 amide bonds. The third-order valence-electron chi connectivity index (χ3n) is 11.4. The SMILES string of the molecule is c1ccc(-c2c3ccccc3c(-c3ccccc3-c3nc(-c4cccc5c4oc4ccccc45)nc(-c4cccc5c4oc4ccccc45)n3)c3ccccc23)cc1. The minimum atomic E-state index is 0.515. The molecule has 0 aliphatic rings. The van der Waals surface area contributed by atoms with Crippen molar-refractivity contribution in [2.24, 2.45) is 0 Å². The maximum absolute atomic E-state index is 6.56. The van der Waals surface area contributed by atoms with Crippen molar-refractivity contribution in [1.29, 1.82) is 0 Å². The predicted octanol–water partition coefficient (Wildman–Crippen LogP) is 14.3. The van der Waals surface area contributed by atoms with E-state index >= 15 is 0 Å². The van der Waals surface area contributed by atoms with Gasteiger partial charge in [0.1, 0.15) is 22.3 Å². The fourth-order valence-electron chi connectivity index (χ4n) is 8.81. The smallest absolute Gasteiger partial charge is 0.167 e. The zero-order valence-electron chi connectivity index (χ0n) is 31.1. The second kappa shape index (κ2) is 12.8. The van der Waals surface area contributed by atoms with Crippen molar-refractivity contribution in [2.75, 3.05) is 0 Å². The molecule has 3 heterocycles. The summed E-state index contributed by atoms with van der Waals surface area (Å²) in [7, 11) is 0. The number of fused-ring (bicyclic) bond motifs is 8. The molecule has 0 saturated carbocycles. The molecule has 0 saturated heterocycles. The quantitative estimate of drug-likeness (QED) is 0.164. The molecule has 58 heavy (non-hydrogen) atoms. The van der Waals surface area contributed by atoms with Crippen molar-refractivity contribution in [3.8, 4) is 56.4 Å². The summed E-state index contributed by atoms with van der Waals surface area (Å²) in [5.74, 6) is 1.58. The third kappa shape index (κ3) is 4.93. The van der Waals surface area contributed by atoms with Gasteiger partial charge in [0.05, 0.1) is 11.1 Å². The maximum atomic E-state index is 6.56. The van der Waals surface area contributed by atoms with Crippen LogP contribution in [0, 0.1) is 0 Å². The Hall–Kier alpha value is -7.89. The molecule has 9 aromatic carbocycles. The molecular formula is C53H31N3O2. The van der Waals surface area contributed by atoms with Crippen LogP contribution in [0.25, 0.3) is 122 Å². The van der Waals surface area contributed by atoms with E-state index in [1.807, 2.05) is 60.7 Å². The van der Waals surface area contributed by atoms with Crippen LogP contribution in [0.1, 0.15) is 0 Å². The summed E-state index contributed by atoms with van der Waals surface area (Å²) in [6.45, 7) is 0. The summed E-state index contributed by atoms with van der Waals surface area (Å²) in [6, 6.07) is 65.1. The van der Waals surface area contributed by atoms with Crippen LogP contribution in [-0.2, 0) is 0 Å². The summed E-state index contributed by atoms with van der Waals surface area (Å²) >= 11 is 0. The van der Waals surface area contributed by atoms with Gasteiger partial charge in [-0.3, -0.25) is 0 Å². The van der Waals surface area contributed by atoms with E-state index in [1.54, 1.807) is 0 Å². The van der Waals surface area contributed by atoms with Crippen LogP contribution in [0.4, 0.5) is 0 Å². The molecule has 5 heteroatoms. The van der Waals surface area contributed by atoms with Crippen molar-refractivity contribution in [2.45, 2.75) is 0 Å².